The Labute approximate surface area is 163 Å². The van der Waals surface area contributed by atoms with Crippen LogP contribution in [0, 0.1) is 5.92 Å². The molecule has 2 aliphatic heterocycles. The van der Waals surface area contributed by atoms with E-state index in [0.717, 1.165) is 0 Å². The first-order chi connectivity index (χ1) is 13.4. The van der Waals surface area contributed by atoms with Crippen LogP contribution in [0.25, 0.3) is 0 Å². The summed E-state index contributed by atoms with van der Waals surface area (Å²) in [7, 11) is 0. The van der Waals surface area contributed by atoms with Crippen LogP contribution in [0.3, 0.4) is 0 Å². The lowest BCUT2D eigenvalue weighted by Gasteiger charge is -2.34. The standard InChI is InChI=1S/C20H25FN2O5/c21-20(19(26)27)9-11-23(14-20)18(25)15-5-4-10-22(13-15)17(24)8-12-28-16-6-2-1-3-7-16/h1-3,6-7,15H,4-5,8-14H2,(H,26,27). The average Bonchev–Trinajstić information content (AvgIpc) is 3.12. The van der Waals surface area contributed by atoms with Crippen LogP contribution in [0.5, 0.6) is 5.75 Å². The molecule has 3 rings (SSSR count). The summed E-state index contributed by atoms with van der Waals surface area (Å²) in [6, 6.07) is 9.22. The molecule has 2 fully saturated rings. The van der Waals surface area contributed by atoms with Crippen molar-refractivity contribution in [2.24, 2.45) is 5.92 Å². The number of carboxylic acid groups (broad SMARTS) is 1. The fourth-order valence-electron chi connectivity index (χ4n) is 3.73. The number of hydrogen-bond donors (Lipinski definition) is 1. The van der Waals surface area contributed by atoms with Gasteiger partial charge in [-0.15, -0.1) is 0 Å². The van der Waals surface area contributed by atoms with Gasteiger partial charge in [-0.1, -0.05) is 18.2 Å². The van der Waals surface area contributed by atoms with Gasteiger partial charge in [0.25, 0.3) is 0 Å². The largest absolute Gasteiger partial charge is 0.493 e. The summed E-state index contributed by atoms with van der Waals surface area (Å²) in [6.45, 7) is 0.794. The van der Waals surface area contributed by atoms with Crippen LogP contribution >= 0.6 is 0 Å². The van der Waals surface area contributed by atoms with E-state index in [1.54, 1.807) is 4.90 Å². The van der Waals surface area contributed by atoms with Crippen molar-refractivity contribution >= 4 is 17.8 Å². The lowest BCUT2D eigenvalue weighted by atomic mass is 9.96. The monoisotopic (exact) mass is 392 g/mol. The molecule has 8 heteroatoms. The van der Waals surface area contributed by atoms with Gasteiger partial charge in [0, 0.05) is 26.1 Å². The number of para-hydroxylation sites is 1. The average molecular weight is 392 g/mol. The third-order valence-electron chi connectivity index (χ3n) is 5.37. The zero-order valence-corrected chi connectivity index (χ0v) is 15.7. The minimum absolute atomic E-state index is 0.0831. The van der Waals surface area contributed by atoms with Crippen LogP contribution in [0.15, 0.2) is 30.3 Å². The Bertz CT molecular complexity index is 729. The summed E-state index contributed by atoms with van der Waals surface area (Å²) >= 11 is 0. The summed E-state index contributed by atoms with van der Waals surface area (Å²) in [5.74, 6) is -1.59. The number of likely N-dealkylation sites (tertiary alicyclic amines) is 2. The Morgan fingerprint density at radius 1 is 1.18 bits per heavy atom. The smallest absolute Gasteiger partial charge is 0.343 e. The van der Waals surface area contributed by atoms with Gasteiger partial charge in [-0.3, -0.25) is 9.59 Å². The molecular formula is C20H25FN2O5. The second kappa shape index (κ2) is 8.58. The van der Waals surface area contributed by atoms with Crippen LogP contribution in [-0.4, -0.2) is 71.1 Å². The molecule has 152 valence electrons. The summed E-state index contributed by atoms with van der Waals surface area (Å²) in [6.07, 6.45) is 1.33. The van der Waals surface area contributed by atoms with Crippen molar-refractivity contribution in [2.75, 3.05) is 32.8 Å². The number of carboxylic acids is 1. The maximum Gasteiger partial charge on any atom is 0.343 e. The maximum absolute atomic E-state index is 14.2. The van der Waals surface area contributed by atoms with Crippen molar-refractivity contribution in [1.82, 2.24) is 9.80 Å². The number of alkyl halides is 1. The molecule has 2 heterocycles. The Morgan fingerprint density at radius 2 is 1.93 bits per heavy atom. The first-order valence-electron chi connectivity index (χ1n) is 9.56. The van der Waals surface area contributed by atoms with E-state index in [1.807, 2.05) is 30.3 Å². The molecule has 2 saturated heterocycles. The molecule has 7 nitrogen and oxygen atoms in total. The Hall–Kier alpha value is -2.64. The van der Waals surface area contributed by atoms with Crippen molar-refractivity contribution < 1.29 is 28.6 Å². The van der Waals surface area contributed by atoms with Crippen molar-refractivity contribution in [2.45, 2.75) is 31.4 Å². The van der Waals surface area contributed by atoms with Crippen molar-refractivity contribution in [3.05, 3.63) is 30.3 Å². The highest BCUT2D eigenvalue weighted by molar-refractivity contribution is 5.84. The molecule has 1 aromatic rings. The van der Waals surface area contributed by atoms with Crippen LogP contribution in [0.2, 0.25) is 0 Å². The number of halogens is 1. The van der Waals surface area contributed by atoms with Gasteiger partial charge < -0.3 is 19.6 Å². The number of hydrogen-bond acceptors (Lipinski definition) is 4. The molecule has 2 unspecified atom stereocenters. The second-order valence-electron chi connectivity index (χ2n) is 7.37. The lowest BCUT2D eigenvalue weighted by Crippen LogP contribution is -2.47. The topological polar surface area (TPSA) is 87.2 Å². The highest BCUT2D eigenvalue weighted by atomic mass is 19.1. The van der Waals surface area contributed by atoms with Crippen LogP contribution in [0.1, 0.15) is 25.7 Å². The summed E-state index contributed by atoms with van der Waals surface area (Å²) in [5.41, 5.74) is -2.37. The fourth-order valence-corrected chi connectivity index (χ4v) is 3.73. The van der Waals surface area contributed by atoms with Crippen molar-refractivity contribution in [3.63, 3.8) is 0 Å². The van der Waals surface area contributed by atoms with E-state index in [4.69, 9.17) is 9.84 Å². The highest BCUT2D eigenvalue weighted by Gasteiger charge is 2.48. The van der Waals surface area contributed by atoms with Gasteiger partial charge in [-0.2, -0.15) is 0 Å². The molecule has 0 saturated carbocycles. The van der Waals surface area contributed by atoms with Gasteiger partial charge >= 0.3 is 5.97 Å². The quantitative estimate of drug-likeness (QED) is 0.797. The van der Waals surface area contributed by atoms with Crippen molar-refractivity contribution in [1.29, 1.82) is 0 Å². The van der Waals surface area contributed by atoms with Gasteiger partial charge in [0.15, 0.2) is 0 Å². The van der Waals surface area contributed by atoms with Crippen molar-refractivity contribution in [3.8, 4) is 5.75 Å². The predicted octanol–water partition coefficient (Wildman–Crippen LogP) is 1.72. The van der Waals surface area contributed by atoms with E-state index >= 15 is 0 Å². The summed E-state index contributed by atoms with van der Waals surface area (Å²) in [4.78, 5) is 39.1. The van der Waals surface area contributed by atoms with E-state index in [0.29, 0.717) is 25.1 Å². The molecule has 2 amide bonds. The molecular weight excluding hydrogens is 367 g/mol. The number of ether oxygens (including phenoxy) is 1. The SMILES string of the molecule is O=C(CCOc1ccccc1)N1CCCC(C(=O)N2CCC(F)(C(=O)O)C2)C1. The zero-order valence-electron chi connectivity index (χ0n) is 15.7. The summed E-state index contributed by atoms with van der Waals surface area (Å²) < 4.78 is 19.8. The number of amides is 2. The number of rotatable bonds is 6. The molecule has 0 bridgehead atoms. The molecule has 0 spiro atoms. The third kappa shape index (κ3) is 4.61. The van der Waals surface area contributed by atoms with E-state index in [9.17, 15) is 18.8 Å². The van der Waals surface area contributed by atoms with Gasteiger partial charge in [-0.25, -0.2) is 9.18 Å². The molecule has 2 aliphatic rings. The number of benzene rings is 1. The highest BCUT2D eigenvalue weighted by Crippen LogP contribution is 2.29. The lowest BCUT2D eigenvalue weighted by molar-refractivity contribution is -0.150. The molecule has 1 aromatic carbocycles. The molecule has 0 radical (unpaired) electrons. The minimum Gasteiger partial charge on any atom is -0.493 e. The second-order valence-corrected chi connectivity index (χ2v) is 7.37. The molecule has 1 N–H and O–H groups in total. The van der Waals surface area contributed by atoms with Crippen LogP contribution < -0.4 is 4.74 Å². The van der Waals surface area contributed by atoms with Gasteiger partial charge in [0.2, 0.25) is 17.5 Å². The van der Waals surface area contributed by atoms with E-state index in [-0.39, 0.29) is 44.4 Å². The van der Waals surface area contributed by atoms with Crippen LogP contribution in [0.4, 0.5) is 4.39 Å². The Kier molecular flexibility index (Phi) is 6.16. The molecule has 28 heavy (non-hydrogen) atoms. The Morgan fingerprint density at radius 3 is 2.61 bits per heavy atom. The summed E-state index contributed by atoms with van der Waals surface area (Å²) in [5, 5.41) is 8.98. The number of carbonyl (C=O) groups is 3. The number of piperidine rings is 1. The minimum atomic E-state index is -2.37. The normalized spacial score (nSPS) is 24.8. The van der Waals surface area contributed by atoms with E-state index in [1.165, 1.54) is 4.90 Å². The number of carbonyl (C=O) groups excluding carboxylic acids is 2. The first-order valence-corrected chi connectivity index (χ1v) is 9.56. The fraction of sp³-hybridized carbons (Fsp3) is 0.550. The zero-order chi connectivity index (χ0) is 20.1. The van der Waals surface area contributed by atoms with E-state index in [2.05, 4.69) is 0 Å². The van der Waals surface area contributed by atoms with Gasteiger partial charge in [0.05, 0.1) is 25.5 Å². The molecule has 2 atom stereocenters. The molecule has 0 aliphatic carbocycles. The predicted molar refractivity (Wildman–Crippen MR) is 98.5 cm³/mol. The molecule has 0 aromatic heterocycles. The first kappa shape index (κ1) is 20.1. The van der Waals surface area contributed by atoms with Gasteiger partial charge in [-0.05, 0) is 25.0 Å². The number of aliphatic carboxylic acids is 1. The Balaban J connectivity index is 1.48. The third-order valence-corrected chi connectivity index (χ3v) is 5.37. The van der Waals surface area contributed by atoms with Gasteiger partial charge in [0.1, 0.15) is 5.75 Å². The van der Waals surface area contributed by atoms with E-state index < -0.39 is 24.1 Å². The maximum atomic E-state index is 14.2. The number of nitrogens with zero attached hydrogens (tertiary/aromatic N) is 2. The van der Waals surface area contributed by atoms with Crippen LogP contribution in [-0.2, 0) is 14.4 Å².